The van der Waals surface area contributed by atoms with Crippen LogP contribution in [0.3, 0.4) is 0 Å². The number of hydrogen-bond donors (Lipinski definition) is 2. The minimum Gasteiger partial charge on any atom is -0.380 e. The molecule has 0 radical (unpaired) electrons. The Kier molecular flexibility index (Phi) is 4.27. The van der Waals surface area contributed by atoms with Gasteiger partial charge in [0, 0.05) is 13.2 Å². The van der Waals surface area contributed by atoms with E-state index in [-0.39, 0.29) is 6.04 Å². The molecule has 6 nitrogen and oxygen atoms in total. The summed E-state index contributed by atoms with van der Waals surface area (Å²) in [6.45, 7) is 2.08. The first-order valence-electron chi connectivity index (χ1n) is 4.63. The molecule has 1 heterocycles. The van der Waals surface area contributed by atoms with Crippen LogP contribution in [0.25, 0.3) is 0 Å². The van der Waals surface area contributed by atoms with E-state index in [1.54, 1.807) is 0 Å². The molecule has 7 heteroatoms. The Bertz CT molecular complexity index is 267. The van der Waals surface area contributed by atoms with E-state index >= 15 is 0 Å². The third-order valence-corrected chi connectivity index (χ3v) is 3.35. The zero-order valence-electron chi connectivity index (χ0n) is 8.05. The van der Waals surface area contributed by atoms with Crippen LogP contribution in [0.1, 0.15) is 12.8 Å². The van der Waals surface area contributed by atoms with Gasteiger partial charge in [0.1, 0.15) is 0 Å². The largest absolute Gasteiger partial charge is 0.380 e. The molecule has 84 valence electrons. The summed E-state index contributed by atoms with van der Waals surface area (Å²) >= 11 is 0. The Labute approximate surface area is 84.4 Å². The van der Waals surface area contributed by atoms with Crippen LogP contribution in [0, 0.1) is 0 Å². The van der Waals surface area contributed by atoms with Crippen LogP contribution in [-0.2, 0) is 14.9 Å². The van der Waals surface area contributed by atoms with Crippen LogP contribution in [0.4, 0.5) is 0 Å². The molecule has 0 aromatic carbocycles. The molecule has 1 unspecified atom stereocenters. The smallest absolute Gasteiger partial charge is 0.277 e. The number of nitrogens with zero attached hydrogens (tertiary/aromatic N) is 1. The van der Waals surface area contributed by atoms with Gasteiger partial charge in [0.05, 0.1) is 12.6 Å². The minimum atomic E-state index is -3.53. The van der Waals surface area contributed by atoms with E-state index in [1.807, 2.05) is 0 Å². The van der Waals surface area contributed by atoms with E-state index in [4.69, 9.17) is 15.6 Å². The van der Waals surface area contributed by atoms with Crippen molar-refractivity contribution in [3.8, 4) is 0 Å². The summed E-state index contributed by atoms with van der Waals surface area (Å²) < 4.78 is 28.4. The van der Waals surface area contributed by atoms with Crippen LogP contribution in [0.2, 0.25) is 0 Å². The minimum absolute atomic E-state index is 0.0808. The summed E-state index contributed by atoms with van der Waals surface area (Å²) in [6, 6.07) is -0.0808. The van der Waals surface area contributed by atoms with Crippen LogP contribution in [0.5, 0.6) is 0 Å². The van der Waals surface area contributed by atoms with Crippen molar-refractivity contribution in [3.05, 3.63) is 0 Å². The number of ether oxygens (including phenoxy) is 1. The summed E-state index contributed by atoms with van der Waals surface area (Å²) in [6.07, 6.45) is 1.61. The van der Waals surface area contributed by atoms with Crippen molar-refractivity contribution in [2.75, 3.05) is 26.3 Å². The molecule has 14 heavy (non-hydrogen) atoms. The second-order valence-corrected chi connectivity index (χ2v) is 4.81. The highest BCUT2D eigenvalue weighted by molar-refractivity contribution is 7.86. The van der Waals surface area contributed by atoms with Gasteiger partial charge in [-0.15, -0.1) is 0 Å². The molecule has 1 aliphatic rings. The first kappa shape index (κ1) is 11.9. The SMILES string of the molecule is NCCCOCC1CCN1S(N)(=O)=O. The van der Waals surface area contributed by atoms with Gasteiger partial charge in [-0.1, -0.05) is 0 Å². The van der Waals surface area contributed by atoms with Crippen molar-refractivity contribution >= 4 is 10.2 Å². The molecular formula is C7H17N3O3S. The monoisotopic (exact) mass is 223 g/mol. The predicted octanol–water partition coefficient (Wildman–Crippen LogP) is -1.37. The highest BCUT2D eigenvalue weighted by Gasteiger charge is 2.35. The van der Waals surface area contributed by atoms with E-state index in [0.29, 0.717) is 26.3 Å². The standard InChI is InChI=1S/C7H17N3O3S/c8-3-1-5-13-6-7-2-4-10(7)14(9,11)12/h7H,1-6,8H2,(H2,9,11,12). The highest BCUT2D eigenvalue weighted by Crippen LogP contribution is 2.19. The molecule has 1 rings (SSSR count). The van der Waals surface area contributed by atoms with Crippen molar-refractivity contribution in [2.24, 2.45) is 10.9 Å². The van der Waals surface area contributed by atoms with Gasteiger partial charge in [-0.3, -0.25) is 0 Å². The zero-order valence-corrected chi connectivity index (χ0v) is 8.87. The summed E-state index contributed by atoms with van der Waals surface area (Å²) in [4.78, 5) is 0. The van der Waals surface area contributed by atoms with Gasteiger partial charge in [0.25, 0.3) is 10.2 Å². The van der Waals surface area contributed by atoms with Crippen LogP contribution in [0.15, 0.2) is 0 Å². The number of nitrogens with two attached hydrogens (primary N) is 2. The fourth-order valence-corrected chi connectivity index (χ4v) is 2.27. The molecule has 1 saturated heterocycles. The Balaban J connectivity index is 2.20. The van der Waals surface area contributed by atoms with Crippen LogP contribution in [-0.4, -0.2) is 45.1 Å². The maximum absolute atomic E-state index is 10.9. The third kappa shape index (κ3) is 3.18. The third-order valence-electron chi connectivity index (χ3n) is 2.22. The molecular weight excluding hydrogens is 206 g/mol. The van der Waals surface area contributed by atoms with Crippen molar-refractivity contribution in [1.29, 1.82) is 0 Å². The van der Waals surface area contributed by atoms with Crippen LogP contribution >= 0.6 is 0 Å². The van der Waals surface area contributed by atoms with Crippen molar-refractivity contribution < 1.29 is 13.2 Å². The molecule has 1 aliphatic heterocycles. The maximum Gasteiger partial charge on any atom is 0.277 e. The van der Waals surface area contributed by atoms with Crippen molar-refractivity contribution in [1.82, 2.24) is 4.31 Å². The van der Waals surface area contributed by atoms with Gasteiger partial charge in [-0.2, -0.15) is 12.7 Å². The van der Waals surface area contributed by atoms with E-state index < -0.39 is 10.2 Å². The lowest BCUT2D eigenvalue weighted by Gasteiger charge is -2.37. The normalized spacial score (nSPS) is 23.4. The average Bonchev–Trinajstić information content (AvgIpc) is 1.98. The lowest BCUT2D eigenvalue weighted by atomic mass is 10.1. The van der Waals surface area contributed by atoms with Gasteiger partial charge in [-0.25, -0.2) is 5.14 Å². The fraction of sp³-hybridized carbons (Fsp3) is 1.00. The van der Waals surface area contributed by atoms with E-state index in [0.717, 1.165) is 12.8 Å². The highest BCUT2D eigenvalue weighted by atomic mass is 32.2. The van der Waals surface area contributed by atoms with Gasteiger partial charge < -0.3 is 10.5 Å². The Morgan fingerprint density at radius 1 is 1.50 bits per heavy atom. The quantitative estimate of drug-likeness (QED) is 0.543. The Hall–Kier alpha value is -0.210. The van der Waals surface area contributed by atoms with Crippen molar-refractivity contribution in [3.63, 3.8) is 0 Å². The summed E-state index contributed by atoms with van der Waals surface area (Å²) in [5.41, 5.74) is 5.28. The fourth-order valence-electron chi connectivity index (χ4n) is 1.32. The lowest BCUT2D eigenvalue weighted by Crippen LogP contribution is -2.55. The van der Waals surface area contributed by atoms with Gasteiger partial charge in [0.15, 0.2) is 0 Å². The second-order valence-electron chi connectivity index (χ2n) is 3.32. The lowest BCUT2D eigenvalue weighted by molar-refractivity contribution is 0.0509. The first-order valence-corrected chi connectivity index (χ1v) is 6.13. The Morgan fingerprint density at radius 3 is 2.64 bits per heavy atom. The molecule has 0 saturated carbocycles. The van der Waals surface area contributed by atoms with Crippen molar-refractivity contribution in [2.45, 2.75) is 18.9 Å². The molecule has 0 amide bonds. The summed E-state index contributed by atoms with van der Waals surface area (Å²) in [5.74, 6) is 0. The van der Waals surface area contributed by atoms with Gasteiger partial charge in [-0.05, 0) is 19.4 Å². The molecule has 0 spiro atoms. The summed E-state index contributed by atoms with van der Waals surface area (Å²) in [5, 5.41) is 4.98. The first-order chi connectivity index (χ1) is 6.55. The molecule has 0 bridgehead atoms. The molecule has 0 aliphatic carbocycles. The van der Waals surface area contributed by atoms with Gasteiger partial charge >= 0.3 is 0 Å². The average molecular weight is 223 g/mol. The zero-order chi connectivity index (χ0) is 10.6. The van der Waals surface area contributed by atoms with E-state index in [2.05, 4.69) is 0 Å². The Morgan fingerprint density at radius 2 is 2.21 bits per heavy atom. The van der Waals surface area contributed by atoms with Crippen LogP contribution < -0.4 is 10.9 Å². The van der Waals surface area contributed by atoms with E-state index in [9.17, 15) is 8.42 Å². The topological polar surface area (TPSA) is 98.7 Å². The molecule has 0 aromatic rings. The molecule has 1 atom stereocenters. The van der Waals surface area contributed by atoms with Gasteiger partial charge in [0.2, 0.25) is 0 Å². The maximum atomic E-state index is 10.9. The molecule has 0 aromatic heterocycles. The number of rotatable bonds is 6. The van der Waals surface area contributed by atoms with E-state index in [1.165, 1.54) is 4.31 Å². The molecule has 1 fully saturated rings. The second kappa shape index (κ2) is 5.04. The molecule has 4 N–H and O–H groups in total. The summed E-state index contributed by atoms with van der Waals surface area (Å²) in [7, 11) is -3.53. The predicted molar refractivity (Wildman–Crippen MR) is 52.7 cm³/mol. The number of hydrogen-bond acceptors (Lipinski definition) is 4.